The van der Waals surface area contributed by atoms with Crippen molar-refractivity contribution in [3.63, 3.8) is 0 Å². The molecular formula is C12H7ClF3NOS. The lowest BCUT2D eigenvalue weighted by atomic mass is 10.1. The van der Waals surface area contributed by atoms with E-state index in [-0.39, 0.29) is 17.4 Å². The van der Waals surface area contributed by atoms with Crippen molar-refractivity contribution >= 4 is 28.7 Å². The largest absolute Gasteiger partial charge is 0.416 e. The second-order valence-electron chi connectivity index (χ2n) is 3.67. The Morgan fingerprint density at radius 1 is 1.37 bits per heavy atom. The standard InChI is InChI=1S/C12H7ClF3NOS/c13-5-10(18)9-6-19-11(17-9)7-2-1-3-8(4-7)12(14,15)16/h1-4,6H,5H2. The lowest BCUT2D eigenvalue weighted by Crippen LogP contribution is -2.04. The zero-order chi connectivity index (χ0) is 14.0. The molecule has 100 valence electrons. The van der Waals surface area contributed by atoms with Gasteiger partial charge in [-0.1, -0.05) is 12.1 Å². The summed E-state index contributed by atoms with van der Waals surface area (Å²) >= 11 is 6.50. The van der Waals surface area contributed by atoms with E-state index in [1.165, 1.54) is 17.5 Å². The van der Waals surface area contributed by atoms with Crippen molar-refractivity contribution in [3.05, 3.63) is 40.9 Å². The van der Waals surface area contributed by atoms with Gasteiger partial charge in [0.25, 0.3) is 0 Å². The van der Waals surface area contributed by atoms with Gasteiger partial charge in [-0.25, -0.2) is 4.98 Å². The minimum absolute atomic E-state index is 0.174. The molecule has 2 aromatic rings. The van der Waals surface area contributed by atoms with Gasteiger partial charge >= 0.3 is 6.18 Å². The van der Waals surface area contributed by atoms with Crippen LogP contribution in [-0.2, 0) is 6.18 Å². The summed E-state index contributed by atoms with van der Waals surface area (Å²) in [6.07, 6.45) is -4.40. The fraction of sp³-hybridized carbons (Fsp3) is 0.167. The number of thiazole rings is 1. The SMILES string of the molecule is O=C(CCl)c1csc(-c2cccc(C(F)(F)F)c2)n1. The Hall–Kier alpha value is -1.40. The Morgan fingerprint density at radius 2 is 2.11 bits per heavy atom. The molecule has 7 heteroatoms. The van der Waals surface area contributed by atoms with E-state index in [4.69, 9.17) is 11.6 Å². The van der Waals surface area contributed by atoms with E-state index in [0.29, 0.717) is 10.6 Å². The molecule has 1 heterocycles. The van der Waals surface area contributed by atoms with Crippen molar-refractivity contribution in [1.29, 1.82) is 0 Å². The summed E-state index contributed by atoms with van der Waals surface area (Å²) < 4.78 is 37.7. The second-order valence-corrected chi connectivity index (χ2v) is 4.80. The predicted octanol–water partition coefficient (Wildman–Crippen LogP) is 4.25. The average molecular weight is 306 g/mol. The Bertz CT molecular complexity index is 609. The molecule has 0 N–H and O–H groups in total. The number of ketones is 1. The maximum Gasteiger partial charge on any atom is 0.416 e. The van der Waals surface area contributed by atoms with Gasteiger partial charge in [0.15, 0.2) is 5.78 Å². The molecule has 0 unspecified atom stereocenters. The van der Waals surface area contributed by atoms with Crippen LogP contribution in [0.1, 0.15) is 16.1 Å². The highest BCUT2D eigenvalue weighted by Crippen LogP contribution is 2.33. The third-order valence-corrected chi connectivity index (χ3v) is 3.48. The highest BCUT2D eigenvalue weighted by molar-refractivity contribution is 7.13. The number of rotatable bonds is 3. The van der Waals surface area contributed by atoms with E-state index in [2.05, 4.69) is 4.98 Å². The van der Waals surface area contributed by atoms with Crippen LogP contribution in [0.2, 0.25) is 0 Å². The quantitative estimate of drug-likeness (QED) is 0.627. The van der Waals surface area contributed by atoms with Crippen LogP contribution in [-0.4, -0.2) is 16.6 Å². The van der Waals surface area contributed by atoms with Crippen LogP contribution < -0.4 is 0 Å². The Labute approximate surface area is 115 Å². The monoisotopic (exact) mass is 305 g/mol. The molecule has 0 radical (unpaired) electrons. The molecule has 0 atom stereocenters. The summed E-state index contributed by atoms with van der Waals surface area (Å²) in [6, 6.07) is 4.82. The molecule has 1 aromatic carbocycles. The van der Waals surface area contributed by atoms with Gasteiger partial charge in [0, 0.05) is 10.9 Å². The van der Waals surface area contributed by atoms with E-state index in [0.717, 1.165) is 23.5 Å². The van der Waals surface area contributed by atoms with Crippen molar-refractivity contribution in [2.45, 2.75) is 6.18 Å². The second kappa shape index (κ2) is 5.30. The van der Waals surface area contributed by atoms with Crippen molar-refractivity contribution in [1.82, 2.24) is 4.98 Å². The van der Waals surface area contributed by atoms with Crippen molar-refractivity contribution in [2.75, 3.05) is 5.88 Å². The lowest BCUT2D eigenvalue weighted by molar-refractivity contribution is -0.137. The number of carbonyl (C=O) groups is 1. The molecule has 1 aromatic heterocycles. The number of hydrogen-bond donors (Lipinski definition) is 0. The highest BCUT2D eigenvalue weighted by atomic mass is 35.5. The number of aromatic nitrogens is 1. The smallest absolute Gasteiger partial charge is 0.291 e. The molecule has 0 saturated carbocycles. The molecular weight excluding hydrogens is 299 g/mol. The predicted molar refractivity (Wildman–Crippen MR) is 67.6 cm³/mol. The molecule has 2 rings (SSSR count). The molecule has 0 amide bonds. The van der Waals surface area contributed by atoms with Gasteiger partial charge in [0.1, 0.15) is 10.7 Å². The van der Waals surface area contributed by atoms with Crippen LogP contribution in [0.25, 0.3) is 10.6 Å². The lowest BCUT2D eigenvalue weighted by Gasteiger charge is -2.07. The highest BCUT2D eigenvalue weighted by Gasteiger charge is 2.30. The topological polar surface area (TPSA) is 30.0 Å². The van der Waals surface area contributed by atoms with E-state index in [9.17, 15) is 18.0 Å². The first-order valence-corrected chi connectivity index (χ1v) is 6.55. The third-order valence-electron chi connectivity index (χ3n) is 2.35. The summed E-state index contributed by atoms with van der Waals surface area (Å²) in [5.74, 6) is -0.553. The first-order chi connectivity index (χ1) is 8.91. The van der Waals surface area contributed by atoms with Crippen molar-refractivity contribution in [3.8, 4) is 10.6 Å². The number of nitrogens with zero attached hydrogens (tertiary/aromatic N) is 1. The van der Waals surface area contributed by atoms with Crippen LogP contribution in [0, 0.1) is 0 Å². The fourth-order valence-corrected chi connectivity index (χ4v) is 2.39. The minimum Gasteiger partial charge on any atom is -0.291 e. The molecule has 2 nitrogen and oxygen atoms in total. The van der Waals surface area contributed by atoms with Gasteiger partial charge in [0.2, 0.25) is 0 Å². The molecule has 0 aliphatic carbocycles. The van der Waals surface area contributed by atoms with E-state index < -0.39 is 11.7 Å². The molecule has 0 aliphatic heterocycles. The summed E-state index contributed by atoms with van der Waals surface area (Å²) in [5, 5.41) is 1.85. The van der Waals surface area contributed by atoms with E-state index in [1.807, 2.05) is 0 Å². The number of hydrogen-bond acceptors (Lipinski definition) is 3. The van der Waals surface area contributed by atoms with Crippen LogP contribution >= 0.6 is 22.9 Å². The van der Waals surface area contributed by atoms with Gasteiger partial charge in [-0.05, 0) is 12.1 Å². The summed E-state index contributed by atoms with van der Waals surface area (Å²) in [6.45, 7) is 0. The van der Waals surface area contributed by atoms with Gasteiger partial charge in [-0.3, -0.25) is 4.79 Å². The number of carbonyl (C=O) groups excluding carboxylic acids is 1. The molecule has 0 bridgehead atoms. The first kappa shape index (κ1) is 14.0. The summed E-state index contributed by atoms with van der Waals surface area (Å²) in [4.78, 5) is 15.3. The normalized spacial score (nSPS) is 11.6. The molecule has 19 heavy (non-hydrogen) atoms. The Kier molecular flexibility index (Phi) is 3.91. The Morgan fingerprint density at radius 3 is 2.74 bits per heavy atom. The number of alkyl halides is 4. The van der Waals surface area contributed by atoms with Gasteiger partial charge < -0.3 is 0 Å². The third kappa shape index (κ3) is 3.13. The van der Waals surface area contributed by atoms with E-state index in [1.54, 1.807) is 0 Å². The molecule has 0 aliphatic rings. The zero-order valence-corrected chi connectivity index (χ0v) is 10.9. The van der Waals surface area contributed by atoms with E-state index >= 15 is 0 Å². The maximum absolute atomic E-state index is 12.6. The average Bonchev–Trinajstić information content (AvgIpc) is 2.86. The van der Waals surface area contributed by atoms with Crippen molar-refractivity contribution in [2.24, 2.45) is 0 Å². The number of halogens is 4. The van der Waals surface area contributed by atoms with Crippen LogP contribution in [0.15, 0.2) is 29.6 Å². The number of benzene rings is 1. The van der Waals surface area contributed by atoms with Gasteiger partial charge in [-0.15, -0.1) is 22.9 Å². The summed E-state index contributed by atoms with van der Waals surface area (Å²) in [5.41, 5.74) is -0.244. The molecule has 0 spiro atoms. The maximum atomic E-state index is 12.6. The summed E-state index contributed by atoms with van der Waals surface area (Å²) in [7, 11) is 0. The minimum atomic E-state index is -4.40. The molecule has 0 saturated heterocycles. The zero-order valence-electron chi connectivity index (χ0n) is 9.37. The number of Topliss-reactive ketones (excluding diaryl/α,β-unsaturated/α-hetero) is 1. The van der Waals surface area contributed by atoms with Crippen LogP contribution in [0.3, 0.4) is 0 Å². The van der Waals surface area contributed by atoms with Crippen LogP contribution in [0.4, 0.5) is 13.2 Å². The first-order valence-electron chi connectivity index (χ1n) is 5.14. The van der Waals surface area contributed by atoms with Gasteiger partial charge in [-0.2, -0.15) is 13.2 Å². The van der Waals surface area contributed by atoms with Crippen molar-refractivity contribution < 1.29 is 18.0 Å². The van der Waals surface area contributed by atoms with Crippen LogP contribution in [0.5, 0.6) is 0 Å². The molecule has 0 fully saturated rings. The van der Waals surface area contributed by atoms with Gasteiger partial charge in [0.05, 0.1) is 11.4 Å². The fourth-order valence-electron chi connectivity index (χ4n) is 1.43. The Balaban J connectivity index is 2.37.